The zero-order chi connectivity index (χ0) is 31.6. The molecule has 5 heterocycles. The van der Waals surface area contributed by atoms with E-state index in [-0.39, 0.29) is 24.2 Å². The van der Waals surface area contributed by atoms with Crippen LogP contribution in [0, 0.1) is 17.8 Å². The van der Waals surface area contributed by atoms with Gasteiger partial charge in [-0.05, 0) is 74.1 Å². The van der Waals surface area contributed by atoms with Crippen molar-refractivity contribution in [2.45, 2.75) is 53.9 Å². The van der Waals surface area contributed by atoms with Gasteiger partial charge in [-0.15, -0.1) is 0 Å². The van der Waals surface area contributed by atoms with Gasteiger partial charge in [0.2, 0.25) is 0 Å². The van der Waals surface area contributed by atoms with Gasteiger partial charge in [0.15, 0.2) is 5.78 Å². The molecule has 1 unspecified atom stereocenters. The van der Waals surface area contributed by atoms with Gasteiger partial charge in [-0.3, -0.25) is 14.4 Å². The highest BCUT2D eigenvalue weighted by Crippen LogP contribution is 2.47. The summed E-state index contributed by atoms with van der Waals surface area (Å²) in [6.07, 6.45) is 7.85. The standard InChI is InChI=1S/C34H34N4O6/c1-7-18-14(2)22-11-26-20(13-39)16(4)21(36-26)10-23-15(3)19(8-9-27(40)44-6)31(37-23)29-30(34(42)43)33(41)28-17(5)24(38-32(28)29)12-25(18)35-22/h10-13,15,19,30,37,39H,7-9H2,1-6H3,(H,42,43)/b20-13+,22-11?,23-10?,24-12?,31-29?/t15-,19-,30?/m0/s1. The predicted molar refractivity (Wildman–Crippen MR) is 166 cm³/mol. The maximum atomic E-state index is 13.8. The first kappa shape index (κ1) is 29.2. The van der Waals surface area contributed by atoms with Crippen molar-refractivity contribution in [3.05, 3.63) is 92.0 Å². The first-order valence-corrected chi connectivity index (χ1v) is 14.7. The summed E-state index contributed by atoms with van der Waals surface area (Å²) >= 11 is 0. The monoisotopic (exact) mass is 594 g/mol. The maximum absolute atomic E-state index is 13.8. The number of aliphatic imine (C=N–C) groups is 3. The molecule has 5 aliphatic heterocycles. The van der Waals surface area contributed by atoms with Crippen molar-refractivity contribution in [2.75, 3.05) is 7.11 Å². The van der Waals surface area contributed by atoms with Crippen molar-refractivity contribution in [3.63, 3.8) is 0 Å². The number of methoxy groups -OCH3 is 1. The fraction of sp³-hybridized carbons (Fsp3) is 0.353. The van der Waals surface area contributed by atoms with Gasteiger partial charge in [0.05, 0.1) is 47.6 Å². The van der Waals surface area contributed by atoms with Crippen LogP contribution in [0.4, 0.5) is 0 Å². The molecule has 44 heavy (non-hydrogen) atoms. The Labute approximate surface area is 255 Å². The Balaban J connectivity index is 1.66. The molecule has 0 radical (unpaired) electrons. The summed E-state index contributed by atoms with van der Waals surface area (Å²) < 4.78 is 4.91. The van der Waals surface area contributed by atoms with Crippen molar-refractivity contribution >= 4 is 34.9 Å². The normalized spacial score (nSPS) is 26.6. The van der Waals surface area contributed by atoms with E-state index in [2.05, 4.69) is 5.32 Å². The van der Waals surface area contributed by atoms with Gasteiger partial charge in [-0.2, -0.15) is 0 Å². The number of esters is 1. The molecule has 3 atom stereocenters. The zero-order valence-electron chi connectivity index (χ0n) is 25.5. The van der Waals surface area contributed by atoms with E-state index in [1.54, 1.807) is 6.92 Å². The number of hydrogen-bond acceptors (Lipinski definition) is 9. The molecule has 0 aromatic rings. The Morgan fingerprint density at radius 1 is 1.02 bits per heavy atom. The van der Waals surface area contributed by atoms with Crippen LogP contribution in [0.5, 0.6) is 0 Å². The number of rotatable bonds is 5. The van der Waals surface area contributed by atoms with E-state index in [0.29, 0.717) is 69.4 Å². The molecule has 6 aliphatic rings. The molecule has 6 rings (SSSR count). The van der Waals surface area contributed by atoms with E-state index >= 15 is 0 Å². The number of hydrogen-bond donors (Lipinski definition) is 3. The zero-order valence-corrected chi connectivity index (χ0v) is 25.5. The summed E-state index contributed by atoms with van der Waals surface area (Å²) in [5.74, 6) is -4.08. The average Bonchev–Trinajstić information content (AvgIpc) is 3.72. The Hall–Kier alpha value is -4.86. The minimum Gasteiger partial charge on any atom is -0.515 e. The number of ether oxygens (including phenoxy) is 1. The van der Waals surface area contributed by atoms with E-state index in [1.807, 2.05) is 45.9 Å². The molecule has 0 aromatic carbocycles. The van der Waals surface area contributed by atoms with Gasteiger partial charge < -0.3 is 20.3 Å². The highest BCUT2D eigenvalue weighted by molar-refractivity contribution is 6.42. The van der Waals surface area contributed by atoms with Gasteiger partial charge >= 0.3 is 11.9 Å². The van der Waals surface area contributed by atoms with Gasteiger partial charge in [0.1, 0.15) is 5.92 Å². The topological polar surface area (TPSA) is 150 Å². The number of aliphatic carboxylic acids is 1. The molecule has 3 N–H and O–H groups in total. The van der Waals surface area contributed by atoms with Gasteiger partial charge in [-0.25, -0.2) is 15.0 Å². The SMILES string of the molecule is CCC1=C(C)C2=CC3=NC(=C(C)/C3=C\O)C=C3NC(=C4C5=NC(=CC1=N2)C(C)=C5C(=O)C4C(=O)O)[C@@H](CCC(=O)OC)[C@@H]3C. The molecule has 10 nitrogen and oxygen atoms in total. The Morgan fingerprint density at radius 2 is 1.73 bits per heavy atom. The van der Waals surface area contributed by atoms with E-state index in [1.165, 1.54) is 7.11 Å². The van der Waals surface area contributed by atoms with Crippen LogP contribution >= 0.6 is 0 Å². The predicted octanol–water partition coefficient (Wildman–Crippen LogP) is 5.12. The number of carboxylic acid groups (broad SMARTS) is 1. The molecule has 0 amide bonds. The van der Waals surface area contributed by atoms with Crippen LogP contribution in [0.25, 0.3) is 0 Å². The van der Waals surface area contributed by atoms with Crippen LogP contribution < -0.4 is 5.32 Å². The number of ketones is 1. The molecule has 0 aromatic heterocycles. The number of Topliss-reactive ketones (excluding diaryl/α,β-unsaturated/α-hetero) is 1. The molecular formula is C34H34N4O6. The number of carbonyl (C=O) groups excluding carboxylic acids is 2. The first-order chi connectivity index (χ1) is 21.0. The maximum Gasteiger partial charge on any atom is 0.319 e. The first-order valence-electron chi connectivity index (χ1n) is 14.7. The van der Waals surface area contributed by atoms with Crippen molar-refractivity contribution in [2.24, 2.45) is 32.7 Å². The van der Waals surface area contributed by atoms with E-state index < -0.39 is 17.7 Å². The van der Waals surface area contributed by atoms with Crippen LogP contribution in [0.15, 0.2) is 107 Å². The quantitative estimate of drug-likeness (QED) is 0.227. The third kappa shape index (κ3) is 4.31. The fourth-order valence-electron chi connectivity index (χ4n) is 6.92. The molecule has 1 aliphatic carbocycles. The molecule has 10 heteroatoms. The number of nitrogens with zero attached hydrogens (tertiary/aromatic N) is 3. The minimum absolute atomic E-state index is 0.114. The van der Waals surface area contributed by atoms with E-state index in [4.69, 9.17) is 19.7 Å². The lowest BCUT2D eigenvalue weighted by Crippen LogP contribution is -2.25. The summed E-state index contributed by atoms with van der Waals surface area (Å²) in [7, 11) is 1.33. The second kappa shape index (κ2) is 10.7. The molecular weight excluding hydrogens is 560 g/mol. The number of aliphatic hydroxyl groups excluding tert-OH is 1. The number of nitrogens with one attached hydrogen (secondary N) is 1. The lowest BCUT2D eigenvalue weighted by atomic mass is 9.85. The number of aliphatic hydroxyl groups is 1. The van der Waals surface area contributed by atoms with Crippen LogP contribution in [0.3, 0.4) is 0 Å². The van der Waals surface area contributed by atoms with Crippen LogP contribution in [0.1, 0.15) is 53.9 Å². The number of fused-ring (bicyclic) bond motifs is 5. The van der Waals surface area contributed by atoms with Crippen LogP contribution in [-0.4, -0.2) is 52.2 Å². The summed E-state index contributed by atoms with van der Waals surface area (Å²) in [5.41, 5.74) is 9.45. The van der Waals surface area contributed by atoms with Crippen LogP contribution in [-0.2, 0) is 19.1 Å². The summed E-state index contributed by atoms with van der Waals surface area (Å²) in [5, 5.41) is 24.0. The van der Waals surface area contributed by atoms with Crippen LogP contribution in [0.2, 0.25) is 0 Å². The number of carbonyl (C=O) groups is 3. The lowest BCUT2D eigenvalue weighted by Gasteiger charge is -2.18. The van der Waals surface area contributed by atoms with E-state index in [0.717, 1.165) is 34.4 Å². The Morgan fingerprint density at radius 3 is 2.39 bits per heavy atom. The molecule has 2 fully saturated rings. The molecule has 8 bridgehead atoms. The van der Waals surface area contributed by atoms with E-state index in [9.17, 15) is 24.6 Å². The average molecular weight is 595 g/mol. The molecule has 226 valence electrons. The third-order valence-electron chi connectivity index (χ3n) is 9.46. The number of carboxylic acids is 1. The second-order valence-corrected chi connectivity index (χ2v) is 11.7. The van der Waals surface area contributed by atoms with Crippen molar-refractivity contribution < 1.29 is 29.3 Å². The van der Waals surface area contributed by atoms with Gasteiger partial charge in [-0.1, -0.05) is 13.8 Å². The Bertz CT molecular complexity index is 1820. The van der Waals surface area contributed by atoms with Gasteiger partial charge in [0, 0.05) is 46.4 Å². The third-order valence-corrected chi connectivity index (χ3v) is 9.46. The van der Waals surface area contributed by atoms with Crippen molar-refractivity contribution in [3.8, 4) is 0 Å². The minimum atomic E-state index is -1.43. The summed E-state index contributed by atoms with van der Waals surface area (Å²) in [6.45, 7) is 9.70. The smallest absolute Gasteiger partial charge is 0.319 e. The molecule has 1 saturated heterocycles. The fourth-order valence-corrected chi connectivity index (χ4v) is 6.92. The molecule has 0 spiro atoms. The highest BCUT2D eigenvalue weighted by Gasteiger charge is 2.51. The highest BCUT2D eigenvalue weighted by atomic mass is 16.5. The summed E-state index contributed by atoms with van der Waals surface area (Å²) in [4.78, 5) is 53.4. The largest absolute Gasteiger partial charge is 0.515 e. The molecule has 1 saturated carbocycles. The van der Waals surface area contributed by atoms with Crippen molar-refractivity contribution in [1.82, 2.24) is 5.32 Å². The van der Waals surface area contributed by atoms with Gasteiger partial charge in [0.25, 0.3) is 0 Å². The number of allylic oxidation sites excluding steroid dienone is 11. The Kier molecular flexibility index (Phi) is 7.10. The summed E-state index contributed by atoms with van der Waals surface area (Å²) in [6, 6.07) is 0. The second-order valence-electron chi connectivity index (χ2n) is 11.7. The van der Waals surface area contributed by atoms with Crippen molar-refractivity contribution in [1.29, 1.82) is 0 Å². The lowest BCUT2D eigenvalue weighted by molar-refractivity contribution is -0.143.